The molecule has 4 heterocycles. The molecule has 2 aliphatic heterocycles. The van der Waals surface area contributed by atoms with Gasteiger partial charge in [0.1, 0.15) is 18.0 Å². The molecule has 0 bridgehead atoms. The third kappa shape index (κ3) is 3.23. The molecule has 138 valence electrons. The van der Waals surface area contributed by atoms with E-state index in [1.54, 1.807) is 11.2 Å². The maximum Gasteiger partial charge on any atom is 0.241 e. The molecular weight excluding hydrogens is 330 g/mol. The van der Waals surface area contributed by atoms with Crippen molar-refractivity contribution in [2.24, 2.45) is 7.05 Å². The fraction of sp³-hybridized carbons (Fsp3) is 0.556. The van der Waals surface area contributed by atoms with Crippen molar-refractivity contribution in [3.63, 3.8) is 0 Å². The first kappa shape index (κ1) is 16.8. The highest BCUT2D eigenvalue weighted by Gasteiger charge is 2.25. The molecule has 2 fully saturated rings. The number of anilines is 2. The Morgan fingerprint density at radius 2 is 1.73 bits per heavy atom. The van der Waals surface area contributed by atoms with Crippen LogP contribution < -0.4 is 9.80 Å². The van der Waals surface area contributed by atoms with Gasteiger partial charge in [0.2, 0.25) is 5.91 Å². The van der Waals surface area contributed by atoms with Crippen LogP contribution >= 0.6 is 0 Å². The summed E-state index contributed by atoms with van der Waals surface area (Å²) in [4.78, 5) is 26.9. The fourth-order valence-corrected chi connectivity index (χ4v) is 3.83. The zero-order valence-corrected chi connectivity index (χ0v) is 15.4. The van der Waals surface area contributed by atoms with Gasteiger partial charge in [-0.05, 0) is 18.9 Å². The summed E-state index contributed by atoms with van der Waals surface area (Å²) in [6.07, 6.45) is 5.66. The van der Waals surface area contributed by atoms with Crippen molar-refractivity contribution in [1.29, 1.82) is 0 Å². The number of carbonyl (C=O) groups is 1. The number of nitrogens with zero attached hydrogens (tertiary/aromatic N) is 7. The smallest absolute Gasteiger partial charge is 0.241 e. The lowest BCUT2D eigenvalue weighted by atomic mass is 9.93. The topological polar surface area (TPSA) is 70.4 Å². The van der Waals surface area contributed by atoms with Crippen LogP contribution in [0.15, 0.2) is 24.7 Å². The molecule has 2 saturated heterocycles. The Kier molecular flexibility index (Phi) is 4.48. The largest absolute Gasteiger partial charge is 0.356 e. The molecule has 4 rings (SSSR count). The van der Waals surface area contributed by atoms with Gasteiger partial charge in [-0.25, -0.2) is 9.97 Å². The number of hydrogen-bond donors (Lipinski definition) is 0. The Morgan fingerprint density at radius 3 is 2.38 bits per heavy atom. The SMILES string of the molecule is CN1CCN(c2cc(N3CCC(c4ccnn4C)CC3)ncn2)CC1=O. The Hall–Kier alpha value is -2.64. The molecule has 26 heavy (non-hydrogen) atoms. The monoisotopic (exact) mass is 355 g/mol. The highest BCUT2D eigenvalue weighted by atomic mass is 16.2. The Bertz CT molecular complexity index is 781. The van der Waals surface area contributed by atoms with E-state index in [9.17, 15) is 4.79 Å². The second kappa shape index (κ2) is 6.93. The van der Waals surface area contributed by atoms with E-state index in [4.69, 9.17) is 0 Å². The molecule has 0 aromatic carbocycles. The average molecular weight is 355 g/mol. The molecule has 2 aromatic rings. The van der Waals surface area contributed by atoms with E-state index < -0.39 is 0 Å². The predicted octanol–water partition coefficient (Wildman–Crippen LogP) is 0.872. The Morgan fingerprint density at radius 1 is 1.00 bits per heavy atom. The lowest BCUT2D eigenvalue weighted by Gasteiger charge is -2.35. The number of piperazine rings is 1. The van der Waals surface area contributed by atoms with Crippen LogP contribution in [0.4, 0.5) is 11.6 Å². The van der Waals surface area contributed by atoms with Crippen LogP contribution in [-0.2, 0) is 11.8 Å². The Balaban J connectivity index is 1.43. The van der Waals surface area contributed by atoms with Gasteiger partial charge in [-0.3, -0.25) is 9.48 Å². The Labute approximate surface area is 153 Å². The van der Waals surface area contributed by atoms with Gasteiger partial charge in [-0.15, -0.1) is 0 Å². The van der Waals surface area contributed by atoms with E-state index in [2.05, 4.69) is 26.0 Å². The minimum absolute atomic E-state index is 0.133. The molecule has 0 saturated carbocycles. The number of aryl methyl sites for hydroxylation is 1. The fourth-order valence-electron chi connectivity index (χ4n) is 3.83. The minimum atomic E-state index is 0.133. The van der Waals surface area contributed by atoms with Crippen LogP contribution in [0.5, 0.6) is 0 Å². The van der Waals surface area contributed by atoms with Crippen molar-refractivity contribution in [3.05, 3.63) is 30.4 Å². The summed E-state index contributed by atoms with van der Waals surface area (Å²) in [7, 11) is 3.85. The highest BCUT2D eigenvalue weighted by molar-refractivity contribution is 5.82. The number of likely N-dealkylation sites (N-methyl/N-ethyl adjacent to an activating group) is 1. The molecule has 1 amide bonds. The van der Waals surface area contributed by atoms with E-state index in [0.29, 0.717) is 12.5 Å². The summed E-state index contributed by atoms with van der Waals surface area (Å²) < 4.78 is 1.98. The van der Waals surface area contributed by atoms with Crippen molar-refractivity contribution in [2.75, 3.05) is 49.6 Å². The summed E-state index contributed by atoms with van der Waals surface area (Å²) in [5.74, 6) is 2.47. The summed E-state index contributed by atoms with van der Waals surface area (Å²) in [6.45, 7) is 3.85. The average Bonchev–Trinajstić information content (AvgIpc) is 3.10. The van der Waals surface area contributed by atoms with Crippen LogP contribution in [0.1, 0.15) is 24.5 Å². The van der Waals surface area contributed by atoms with Crippen molar-refractivity contribution < 1.29 is 4.79 Å². The molecule has 0 unspecified atom stereocenters. The van der Waals surface area contributed by atoms with E-state index >= 15 is 0 Å². The third-order valence-electron chi connectivity index (χ3n) is 5.52. The first-order valence-electron chi connectivity index (χ1n) is 9.15. The second-order valence-corrected chi connectivity index (χ2v) is 7.11. The number of carbonyl (C=O) groups excluding carboxylic acids is 1. The summed E-state index contributed by atoms with van der Waals surface area (Å²) in [5.41, 5.74) is 1.31. The van der Waals surface area contributed by atoms with Crippen LogP contribution in [0, 0.1) is 0 Å². The van der Waals surface area contributed by atoms with Crippen molar-refractivity contribution >= 4 is 17.5 Å². The molecule has 0 spiro atoms. The van der Waals surface area contributed by atoms with Gasteiger partial charge in [0.05, 0.1) is 6.54 Å². The number of amides is 1. The summed E-state index contributed by atoms with van der Waals surface area (Å²) >= 11 is 0. The van der Waals surface area contributed by atoms with Crippen LogP contribution in [0.3, 0.4) is 0 Å². The van der Waals surface area contributed by atoms with Crippen molar-refractivity contribution in [1.82, 2.24) is 24.6 Å². The molecular formula is C18H25N7O. The minimum Gasteiger partial charge on any atom is -0.356 e. The van der Waals surface area contributed by atoms with Crippen molar-refractivity contribution in [2.45, 2.75) is 18.8 Å². The quantitative estimate of drug-likeness (QED) is 0.814. The number of aromatic nitrogens is 4. The van der Waals surface area contributed by atoms with Crippen molar-refractivity contribution in [3.8, 4) is 0 Å². The van der Waals surface area contributed by atoms with E-state index in [0.717, 1.165) is 50.7 Å². The normalized spacial score (nSPS) is 19.3. The van der Waals surface area contributed by atoms with E-state index in [1.165, 1.54) is 5.69 Å². The number of hydrogen-bond acceptors (Lipinski definition) is 6. The van der Waals surface area contributed by atoms with Crippen LogP contribution in [0.25, 0.3) is 0 Å². The van der Waals surface area contributed by atoms with Crippen LogP contribution in [-0.4, -0.2) is 70.3 Å². The maximum absolute atomic E-state index is 12.0. The van der Waals surface area contributed by atoms with E-state index in [-0.39, 0.29) is 5.91 Å². The lowest BCUT2D eigenvalue weighted by Crippen LogP contribution is -2.48. The molecule has 2 aromatic heterocycles. The highest BCUT2D eigenvalue weighted by Crippen LogP contribution is 2.30. The number of piperidine rings is 1. The first-order chi connectivity index (χ1) is 12.6. The molecule has 8 nitrogen and oxygen atoms in total. The van der Waals surface area contributed by atoms with Gasteiger partial charge in [-0.1, -0.05) is 0 Å². The van der Waals surface area contributed by atoms with Gasteiger partial charge >= 0.3 is 0 Å². The second-order valence-electron chi connectivity index (χ2n) is 7.11. The number of rotatable bonds is 3. The molecule has 0 aliphatic carbocycles. The molecule has 8 heteroatoms. The van der Waals surface area contributed by atoms with Gasteiger partial charge < -0.3 is 14.7 Å². The van der Waals surface area contributed by atoms with Gasteiger partial charge in [0, 0.05) is 64.1 Å². The zero-order valence-electron chi connectivity index (χ0n) is 15.4. The molecule has 2 aliphatic rings. The molecule has 0 radical (unpaired) electrons. The van der Waals surface area contributed by atoms with Gasteiger partial charge in [-0.2, -0.15) is 5.10 Å². The lowest BCUT2D eigenvalue weighted by molar-refractivity contribution is -0.129. The first-order valence-corrected chi connectivity index (χ1v) is 9.15. The van der Waals surface area contributed by atoms with Gasteiger partial charge in [0.25, 0.3) is 0 Å². The zero-order chi connectivity index (χ0) is 18.1. The summed E-state index contributed by atoms with van der Waals surface area (Å²) in [5, 5.41) is 4.29. The molecule has 0 atom stereocenters. The third-order valence-corrected chi connectivity index (χ3v) is 5.52. The van der Waals surface area contributed by atoms with E-state index in [1.807, 2.05) is 35.9 Å². The van der Waals surface area contributed by atoms with Gasteiger partial charge in [0.15, 0.2) is 0 Å². The predicted molar refractivity (Wildman–Crippen MR) is 99.3 cm³/mol. The standard InChI is InChI=1S/C18H25N7O/c1-22-9-10-25(12-18(22)26)17-11-16(19-13-20-17)24-7-4-14(5-8-24)15-3-6-21-23(15)2/h3,6,11,13-14H,4-5,7-10,12H2,1-2H3. The molecule has 0 N–H and O–H groups in total. The van der Waals surface area contributed by atoms with Crippen LogP contribution in [0.2, 0.25) is 0 Å². The maximum atomic E-state index is 12.0. The summed E-state index contributed by atoms with van der Waals surface area (Å²) in [6, 6.07) is 4.14.